The molecule has 120 valence electrons. The molecule has 2 N–H and O–H groups in total. The molecular formula is C15H28N4O2. The number of nitrogens with one attached hydrogen (secondary N) is 2. The number of hydrogen-bond acceptors (Lipinski definition) is 4. The van der Waals surface area contributed by atoms with E-state index in [-0.39, 0.29) is 0 Å². The normalized spacial score (nSPS) is 12.0. The molecule has 0 aromatic carbocycles. The number of guanidine groups is 1. The fraction of sp³-hybridized carbons (Fsp3) is 0.733. The van der Waals surface area contributed by atoms with Crippen LogP contribution in [0.2, 0.25) is 0 Å². The van der Waals surface area contributed by atoms with Gasteiger partial charge in [0.1, 0.15) is 0 Å². The van der Waals surface area contributed by atoms with E-state index in [4.69, 9.17) is 9.26 Å². The first-order valence-corrected chi connectivity index (χ1v) is 7.56. The molecule has 6 heteroatoms. The average molecular weight is 296 g/mol. The van der Waals surface area contributed by atoms with Crippen LogP contribution in [0.25, 0.3) is 0 Å². The van der Waals surface area contributed by atoms with Crippen molar-refractivity contribution in [3.63, 3.8) is 0 Å². The van der Waals surface area contributed by atoms with Gasteiger partial charge in [-0.3, -0.25) is 4.99 Å². The first kappa shape index (κ1) is 17.5. The summed E-state index contributed by atoms with van der Waals surface area (Å²) in [6.45, 7) is 6.51. The van der Waals surface area contributed by atoms with Gasteiger partial charge in [0.05, 0.1) is 12.2 Å². The van der Waals surface area contributed by atoms with Gasteiger partial charge >= 0.3 is 0 Å². The van der Waals surface area contributed by atoms with Gasteiger partial charge in [-0.05, 0) is 25.2 Å². The molecule has 0 bridgehead atoms. The van der Waals surface area contributed by atoms with E-state index in [1.807, 2.05) is 6.07 Å². The Bertz CT molecular complexity index is 416. The quantitative estimate of drug-likeness (QED) is 0.415. The van der Waals surface area contributed by atoms with Crippen LogP contribution in [-0.2, 0) is 11.3 Å². The van der Waals surface area contributed by atoms with E-state index in [9.17, 15) is 0 Å². The lowest BCUT2D eigenvalue weighted by Crippen LogP contribution is -2.37. The standard InChI is InChI=1S/C15H28N4O2/c1-12(2)14-10-13(21-19-14)11-18-15(16-3)17-8-6-5-7-9-20-4/h10,12H,5-9,11H2,1-4H3,(H2,16,17,18). The smallest absolute Gasteiger partial charge is 0.191 e. The molecule has 0 radical (unpaired) electrons. The molecule has 1 rings (SSSR count). The number of unbranched alkanes of at least 4 members (excludes halogenated alkanes) is 2. The molecule has 6 nitrogen and oxygen atoms in total. The van der Waals surface area contributed by atoms with Gasteiger partial charge < -0.3 is 19.9 Å². The molecule has 1 aromatic rings. The number of nitrogens with zero attached hydrogens (tertiary/aromatic N) is 2. The molecule has 0 fully saturated rings. The number of aliphatic imine (C=N–C) groups is 1. The van der Waals surface area contributed by atoms with Crippen LogP contribution >= 0.6 is 0 Å². The lowest BCUT2D eigenvalue weighted by atomic mass is 10.1. The Morgan fingerprint density at radius 1 is 1.33 bits per heavy atom. The second-order valence-electron chi connectivity index (χ2n) is 5.28. The predicted octanol–water partition coefficient (Wildman–Crippen LogP) is 2.28. The van der Waals surface area contributed by atoms with E-state index < -0.39 is 0 Å². The summed E-state index contributed by atoms with van der Waals surface area (Å²) in [5.41, 5.74) is 0.980. The highest BCUT2D eigenvalue weighted by atomic mass is 16.5. The van der Waals surface area contributed by atoms with Gasteiger partial charge in [0, 0.05) is 33.4 Å². The first-order chi connectivity index (χ1) is 10.2. The summed E-state index contributed by atoms with van der Waals surface area (Å²) in [7, 11) is 3.50. The average Bonchev–Trinajstić information content (AvgIpc) is 2.95. The van der Waals surface area contributed by atoms with E-state index in [1.54, 1.807) is 14.2 Å². The minimum atomic E-state index is 0.382. The summed E-state index contributed by atoms with van der Waals surface area (Å²) < 4.78 is 10.3. The van der Waals surface area contributed by atoms with E-state index in [0.717, 1.165) is 49.8 Å². The first-order valence-electron chi connectivity index (χ1n) is 7.56. The molecule has 0 aliphatic heterocycles. The molecule has 0 amide bonds. The summed E-state index contributed by atoms with van der Waals surface area (Å²) in [6.07, 6.45) is 3.35. The molecule has 1 heterocycles. The maximum atomic E-state index is 5.28. The van der Waals surface area contributed by atoms with Crippen molar-refractivity contribution < 1.29 is 9.26 Å². The van der Waals surface area contributed by atoms with Crippen LogP contribution in [0.4, 0.5) is 0 Å². The largest absolute Gasteiger partial charge is 0.385 e. The van der Waals surface area contributed by atoms with Crippen molar-refractivity contribution in [3.05, 3.63) is 17.5 Å². The van der Waals surface area contributed by atoms with Gasteiger partial charge in [-0.1, -0.05) is 19.0 Å². The molecule has 0 saturated carbocycles. The SMILES string of the molecule is CN=C(NCCCCCOC)NCc1cc(C(C)C)no1. The second kappa shape index (κ2) is 10.2. The number of ether oxygens (including phenoxy) is 1. The lowest BCUT2D eigenvalue weighted by Gasteiger charge is -2.10. The molecule has 0 saturated heterocycles. The van der Waals surface area contributed by atoms with E-state index in [0.29, 0.717) is 12.5 Å². The van der Waals surface area contributed by atoms with Gasteiger partial charge in [-0.25, -0.2) is 0 Å². The van der Waals surface area contributed by atoms with Crippen molar-refractivity contribution in [2.24, 2.45) is 4.99 Å². The number of rotatable bonds is 9. The van der Waals surface area contributed by atoms with Gasteiger partial charge in [0.25, 0.3) is 0 Å². The maximum Gasteiger partial charge on any atom is 0.191 e. The Labute approximate surface area is 127 Å². The molecule has 0 atom stereocenters. The molecule has 0 aliphatic carbocycles. The van der Waals surface area contributed by atoms with Crippen LogP contribution < -0.4 is 10.6 Å². The molecule has 0 unspecified atom stereocenters. The van der Waals surface area contributed by atoms with Crippen LogP contribution in [0.5, 0.6) is 0 Å². The van der Waals surface area contributed by atoms with Crippen molar-refractivity contribution in [2.45, 2.75) is 45.6 Å². The van der Waals surface area contributed by atoms with Crippen LogP contribution in [0.3, 0.4) is 0 Å². The minimum absolute atomic E-state index is 0.382. The van der Waals surface area contributed by atoms with Gasteiger partial charge in [-0.2, -0.15) is 0 Å². The van der Waals surface area contributed by atoms with Crippen molar-refractivity contribution in [1.82, 2.24) is 15.8 Å². The monoisotopic (exact) mass is 296 g/mol. The van der Waals surface area contributed by atoms with Crippen molar-refractivity contribution in [1.29, 1.82) is 0 Å². The van der Waals surface area contributed by atoms with Gasteiger partial charge in [0.2, 0.25) is 0 Å². The van der Waals surface area contributed by atoms with E-state index in [2.05, 4.69) is 34.6 Å². The van der Waals surface area contributed by atoms with Crippen molar-refractivity contribution in [2.75, 3.05) is 27.3 Å². The number of aromatic nitrogens is 1. The predicted molar refractivity (Wildman–Crippen MR) is 84.5 cm³/mol. The summed E-state index contributed by atoms with van der Waals surface area (Å²) >= 11 is 0. The van der Waals surface area contributed by atoms with Gasteiger partial charge in [0.15, 0.2) is 11.7 Å². The molecule has 0 spiro atoms. The minimum Gasteiger partial charge on any atom is -0.385 e. The Morgan fingerprint density at radius 2 is 2.14 bits per heavy atom. The summed E-state index contributed by atoms with van der Waals surface area (Å²) in [5, 5.41) is 10.5. The highest BCUT2D eigenvalue weighted by Crippen LogP contribution is 2.13. The lowest BCUT2D eigenvalue weighted by molar-refractivity contribution is 0.192. The summed E-state index contributed by atoms with van der Waals surface area (Å²) in [6, 6.07) is 1.98. The third-order valence-corrected chi connectivity index (χ3v) is 3.14. The highest BCUT2D eigenvalue weighted by molar-refractivity contribution is 5.79. The van der Waals surface area contributed by atoms with Crippen LogP contribution in [-0.4, -0.2) is 38.4 Å². The van der Waals surface area contributed by atoms with E-state index >= 15 is 0 Å². The fourth-order valence-electron chi connectivity index (χ4n) is 1.83. The second-order valence-corrected chi connectivity index (χ2v) is 5.28. The van der Waals surface area contributed by atoms with Crippen LogP contribution in [0.1, 0.15) is 50.5 Å². The zero-order valence-electron chi connectivity index (χ0n) is 13.6. The molecule has 21 heavy (non-hydrogen) atoms. The van der Waals surface area contributed by atoms with Crippen LogP contribution in [0, 0.1) is 0 Å². The molecule has 0 aliphatic rings. The highest BCUT2D eigenvalue weighted by Gasteiger charge is 2.07. The Kier molecular flexibility index (Phi) is 8.50. The van der Waals surface area contributed by atoms with Gasteiger partial charge in [-0.15, -0.1) is 0 Å². The van der Waals surface area contributed by atoms with Crippen molar-refractivity contribution >= 4 is 5.96 Å². The van der Waals surface area contributed by atoms with Crippen molar-refractivity contribution in [3.8, 4) is 0 Å². The third-order valence-electron chi connectivity index (χ3n) is 3.14. The molecule has 1 aromatic heterocycles. The summed E-state index contributed by atoms with van der Waals surface area (Å²) in [4.78, 5) is 4.19. The zero-order chi connectivity index (χ0) is 15.5. The summed E-state index contributed by atoms with van der Waals surface area (Å²) in [5.74, 6) is 1.98. The number of hydrogen-bond donors (Lipinski definition) is 2. The maximum absolute atomic E-state index is 5.28. The Balaban J connectivity index is 2.21. The van der Waals surface area contributed by atoms with E-state index in [1.165, 1.54) is 0 Å². The molecular weight excluding hydrogens is 268 g/mol. The number of methoxy groups -OCH3 is 1. The Hall–Kier alpha value is -1.56. The fourth-order valence-corrected chi connectivity index (χ4v) is 1.83. The Morgan fingerprint density at radius 3 is 2.76 bits per heavy atom. The topological polar surface area (TPSA) is 71.7 Å². The third kappa shape index (κ3) is 7.13. The van der Waals surface area contributed by atoms with Crippen LogP contribution in [0.15, 0.2) is 15.6 Å². The zero-order valence-corrected chi connectivity index (χ0v) is 13.6.